The number of nitro groups is 1. The first-order valence-corrected chi connectivity index (χ1v) is 11.3. The SMILES string of the molecule is CCOC(=O)C1CCCCN1C(=O)/C=C/c1cccc([N+](=O)[O-])c1-c1ccc2c(c1)CCOO2. The lowest BCUT2D eigenvalue weighted by atomic mass is 9.94. The number of rotatable bonds is 6. The smallest absolute Gasteiger partial charge is 0.328 e. The van der Waals surface area contributed by atoms with Gasteiger partial charge in [-0.2, -0.15) is 4.89 Å². The van der Waals surface area contributed by atoms with Crippen LogP contribution in [0.2, 0.25) is 0 Å². The molecule has 4 rings (SSSR count). The van der Waals surface area contributed by atoms with Gasteiger partial charge in [0.25, 0.3) is 5.69 Å². The van der Waals surface area contributed by atoms with Crippen LogP contribution < -0.4 is 4.89 Å². The molecule has 2 aromatic carbocycles. The number of nitrogens with zero attached hydrogens (tertiary/aromatic N) is 2. The van der Waals surface area contributed by atoms with E-state index in [4.69, 9.17) is 14.5 Å². The van der Waals surface area contributed by atoms with Gasteiger partial charge < -0.3 is 14.5 Å². The number of likely N-dealkylation sites (tertiary alicyclic amines) is 1. The summed E-state index contributed by atoms with van der Waals surface area (Å²) in [7, 11) is 0. The first kappa shape index (κ1) is 23.4. The Labute approximate surface area is 197 Å². The molecule has 0 aromatic heterocycles. The Kier molecular flexibility index (Phi) is 7.22. The molecule has 34 heavy (non-hydrogen) atoms. The molecular formula is C25H26N2O7. The number of hydrogen-bond acceptors (Lipinski definition) is 7. The highest BCUT2D eigenvalue weighted by Crippen LogP contribution is 2.37. The Bertz CT molecular complexity index is 1130. The molecule has 1 unspecified atom stereocenters. The molecule has 9 heteroatoms. The van der Waals surface area contributed by atoms with Gasteiger partial charge in [-0.1, -0.05) is 18.2 Å². The molecule has 0 aliphatic carbocycles. The zero-order valence-electron chi connectivity index (χ0n) is 18.9. The molecular weight excluding hydrogens is 440 g/mol. The highest BCUT2D eigenvalue weighted by molar-refractivity contribution is 5.96. The molecule has 0 bridgehead atoms. The second-order valence-electron chi connectivity index (χ2n) is 8.10. The van der Waals surface area contributed by atoms with E-state index in [1.807, 2.05) is 6.07 Å². The summed E-state index contributed by atoms with van der Waals surface area (Å²) in [5.74, 6) is -0.151. The van der Waals surface area contributed by atoms with Crippen molar-refractivity contribution < 1.29 is 29.0 Å². The molecule has 2 aliphatic heterocycles. The lowest BCUT2D eigenvalue weighted by molar-refractivity contribution is -0.384. The van der Waals surface area contributed by atoms with E-state index in [9.17, 15) is 19.7 Å². The van der Waals surface area contributed by atoms with Gasteiger partial charge in [0.15, 0.2) is 5.75 Å². The van der Waals surface area contributed by atoms with Crippen molar-refractivity contribution in [1.29, 1.82) is 0 Å². The van der Waals surface area contributed by atoms with Crippen LogP contribution >= 0.6 is 0 Å². The van der Waals surface area contributed by atoms with E-state index in [-0.39, 0.29) is 18.2 Å². The number of nitro benzene ring substituents is 1. The van der Waals surface area contributed by atoms with Crippen molar-refractivity contribution in [2.75, 3.05) is 19.8 Å². The number of esters is 1. The van der Waals surface area contributed by atoms with E-state index in [0.29, 0.717) is 48.4 Å². The molecule has 1 saturated heterocycles. The average Bonchev–Trinajstić information content (AvgIpc) is 2.86. The topological polar surface area (TPSA) is 108 Å². The molecule has 2 heterocycles. The second kappa shape index (κ2) is 10.5. The molecule has 0 saturated carbocycles. The van der Waals surface area contributed by atoms with Gasteiger partial charge in [-0.3, -0.25) is 14.9 Å². The maximum absolute atomic E-state index is 13.0. The lowest BCUT2D eigenvalue weighted by Crippen LogP contribution is -2.48. The van der Waals surface area contributed by atoms with Gasteiger partial charge in [-0.15, -0.1) is 0 Å². The van der Waals surface area contributed by atoms with Crippen LogP contribution in [0.5, 0.6) is 5.75 Å². The first-order valence-electron chi connectivity index (χ1n) is 11.3. The van der Waals surface area contributed by atoms with Gasteiger partial charge in [-0.25, -0.2) is 4.79 Å². The van der Waals surface area contributed by atoms with E-state index >= 15 is 0 Å². The number of fused-ring (bicyclic) bond motifs is 1. The third-order valence-corrected chi connectivity index (χ3v) is 5.97. The normalized spacial score (nSPS) is 17.7. The molecule has 1 atom stereocenters. The number of amides is 1. The molecule has 1 fully saturated rings. The standard InChI is InChI=1S/C25H26N2O7/c1-2-32-25(29)21-7-3-4-14-26(21)23(28)12-10-17-6-5-8-20(27(30)31)24(17)19-9-11-22-18(16-19)13-15-33-34-22/h5-6,8-12,16,21H,2-4,7,13-15H2,1H3/b12-10+. The second-order valence-corrected chi connectivity index (χ2v) is 8.10. The van der Waals surface area contributed by atoms with Crippen molar-refractivity contribution >= 4 is 23.6 Å². The van der Waals surface area contributed by atoms with Crippen LogP contribution in [0.15, 0.2) is 42.5 Å². The predicted octanol–water partition coefficient (Wildman–Crippen LogP) is 4.09. The largest absolute Gasteiger partial charge is 0.464 e. The van der Waals surface area contributed by atoms with Gasteiger partial charge in [0.2, 0.25) is 5.91 Å². The number of piperidine rings is 1. The van der Waals surface area contributed by atoms with Crippen molar-refractivity contribution in [3.8, 4) is 16.9 Å². The summed E-state index contributed by atoms with van der Waals surface area (Å²) in [6, 6.07) is 9.44. The Morgan fingerprint density at radius 2 is 2.12 bits per heavy atom. The Morgan fingerprint density at radius 1 is 1.26 bits per heavy atom. The summed E-state index contributed by atoms with van der Waals surface area (Å²) < 4.78 is 5.14. The van der Waals surface area contributed by atoms with Crippen molar-refractivity contribution in [3.63, 3.8) is 0 Å². The van der Waals surface area contributed by atoms with Gasteiger partial charge in [-0.05, 0) is 55.5 Å². The number of hydrogen-bond donors (Lipinski definition) is 0. The Hall–Kier alpha value is -3.72. The quantitative estimate of drug-likeness (QED) is 0.207. The van der Waals surface area contributed by atoms with Gasteiger partial charge >= 0.3 is 5.97 Å². The zero-order chi connectivity index (χ0) is 24.1. The maximum Gasteiger partial charge on any atom is 0.328 e. The van der Waals surface area contributed by atoms with Crippen LogP contribution in [0, 0.1) is 10.1 Å². The monoisotopic (exact) mass is 466 g/mol. The molecule has 0 spiro atoms. The molecule has 0 radical (unpaired) electrons. The third-order valence-electron chi connectivity index (χ3n) is 5.97. The summed E-state index contributed by atoms with van der Waals surface area (Å²) in [6.07, 6.45) is 5.77. The highest BCUT2D eigenvalue weighted by Gasteiger charge is 2.32. The predicted molar refractivity (Wildman–Crippen MR) is 124 cm³/mol. The van der Waals surface area contributed by atoms with Gasteiger partial charge in [0.1, 0.15) is 6.04 Å². The fourth-order valence-electron chi connectivity index (χ4n) is 4.37. The number of benzene rings is 2. The highest BCUT2D eigenvalue weighted by atomic mass is 17.2. The average molecular weight is 466 g/mol. The van der Waals surface area contributed by atoms with E-state index in [2.05, 4.69) is 0 Å². The zero-order valence-corrected chi connectivity index (χ0v) is 18.9. The molecule has 9 nitrogen and oxygen atoms in total. The van der Waals surface area contributed by atoms with Crippen molar-refractivity contribution in [2.45, 2.75) is 38.6 Å². The van der Waals surface area contributed by atoms with Gasteiger partial charge in [0, 0.05) is 30.7 Å². The van der Waals surface area contributed by atoms with Crippen LogP contribution in [0.25, 0.3) is 17.2 Å². The van der Waals surface area contributed by atoms with Crippen LogP contribution in [-0.4, -0.2) is 47.5 Å². The van der Waals surface area contributed by atoms with Crippen LogP contribution in [-0.2, 0) is 25.6 Å². The third kappa shape index (κ3) is 4.94. The van der Waals surface area contributed by atoms with Crippen molar-refractivity contribution in [1.82, 2.24) is 4.90 Å². The van der Waals surface area contributed by atoms with E-state index in [1.54, 1.807) is 37.3 Å². The number of carbonyl (C=O) groups excluding carboxylic acids is 2. The summed E-state index contributed by atoms with van der Waals surface area (Å²) in [5, 5.41) is 11.8. The minimum atomic E-state index is -0.613. The Morgan fingerprint density at radius 3 is 2.91 bits per heavy atom. The van der Waals surface area contributed by atoms with E-state index in [1.165, 1.54) is 17.0 Å². The Balaban J connectivity index is 1.67. The molecule has 0 N–H and O–H groups in total. The molecule has 1 amide bonds. The van der Waals surface area contributed by atoms with Crippen molar-refractivity contribution in [3.05, 3.63) is 63.7 Å². The summed E-state index contributed by atoms with van der Waals surface area (Å²) >= 11 is 0. The summed E-state index contributed by atoms with van der Waals surface area (Å²) in [4.78, 5) is 48.4. The lowest BCUT2D eigenvalue weighted by Gasteiger charge is -2.33. The van der Waals surface area contributed by atoms with E-state index < -0.39 is 16.9 Å². The molecule has 2 aromatic rings. The fraction of sp³-hybridized carbons (Fsp3) is 0.360. The maximum atomic E-state index is 13.0. The molecule has 178 valence electrons. The van der Waals surface area contributed by atoms with Gasteiger partial charge in [0.05, 0.1) is 23.7 Å². The summed E-state index contributed by atoms with van der Waals surface area (Å²) in [6.45, 7) is 2.84. The molecule has 2 aliphatic rings. The fourth-order valence-corrected chi connectivity index (χ4v) is 4.37. The summed E-state index contributed by atoms with van der Waals surface area (Å²) in [5.41, 5.74) is 2.40. The number of ether oxygens (including phenoxy) is 1. The first-order chi connectivity index (χ1) is 16.5. The minimum absolute atomic E-state index is 0.0649. The van der Waals surface area contributed by atoms with Crippen LogP contribution in [0.1, 0.15) is 37.3 Å². The minimum Gasteiger partial charge on any atom is -0.464 e. The number of carbonyl (C=O) groups is 2. The van der Waals surface area contributed by atoms with Crippen LogP contribution in [0.4, 0.5) is 5.69 Å². The van der Waals surface area contributed by atoms with E-state index in [0.717, 1.165) is 18.4 Å². The van der Waals surface area contributed by atoms with Crippen LogP contribution in [0.3, 0.4) is 0 Å². The van der Waals surface area contributed by atoms with Crippen molar-refractivity contribution in [2.24, 2.45) is 0 Å².